The fourth-order valence-electron chi connectivity index (χ4n) is 4.74. The van der Waals surface area contributed by atoms with Crippen molar-refractivity contribution in [3.8, 4) is 17.0 Å². The van der Waals surface area contributed by atoms with Crippen molar-refractivity contribution in [2.24, 2.45) is 11.8 Å². The summed E-state index contributed by atoms with van der Waals surface area (Å²) in [7, 11) is 0. The number of hydrogen-bond donors (Lipinski definition) is 0. The van der Waals surface area contributed by atoms with Crippen LogP contribution in [0, 0.1) is 11.8 Å². The minimum absolute atomic E-state index is 0.0578. The van der Waals surface area contributed by atoms with E-state index >= 15 is 0 Å². The molecule has 0 amide bonds. The molecule has 0 radical (unpaired) electrons. The number of pyridine rings is 1. The first-order valence-electron chi connectivity index (χ1n) is 13.0. The highest BCUT2D eigenvalue weighted by atomic mass is 16.5. The van der Waals surface area contributed by atoms with Gasteiger partial charge >= 0.3 is 5.97 Å². The topological polar surface area (TPSA) is 39.2 Å². The molecule has 1 saturated carbocycles. The standard InChI is InChI=1S/C29H41NO2/c1-3-5-7-8-9-11-23-12-15-26(16-13-23)29(31)32-27-19-17-25(18-20-27)28-21-14-24(22-30-28)10-6-4-2/h14,17-23,26H,3-13,15-16H2,1-2H3. The molecule has 0 bridgehead atoms. The number of aromatic nitrogens is 1. The van der Waals surface area contributed by atoms with Crippen molar-refractivity contribution in [1.82, 2.24) is 4.98 Å². The molecule has 1 aliphatic rings. The van der Waals surface area contributed by atoms with Crippen molar-refractivity contribution in [3.05, 3.63) is 48.2 Å². The maximum absolute atomic E-state index is 12.7. The van der Waals surface area contributed by atoms with Gasteiger partial charge in [-0.3, -0.25) is 9.78 Å². The quantitative estimate of drug-likeness (QED) is 0.192. The average Bonchev–Trinajstić information content (AvgIpc) is 2.84. The van der Waals surface area contributed by atoms with Gasteiger partial charge in [-0.15, -0.1) is 0 Å². The van der Waals surface area contributed by atoms with Crippen LogP contribution in [0.4, 0.5) is 0 Å². The third-order valence-electron chi connectivity index (χ3n) is 6.91. The van der Waals surface area contributed by atoms with Crippen LogP contribution < -0.4 is 4.74 Å². The van der Waals surface area contributed by atoms with Crippen LogP contribution in [0.25, 0.3) is 11.3 Å². The summed E-state index contributed by atoms with van der Waals surface area (Å²) in [5.41, 5.74) is 3.29. The lowest BCUT2D eigenvalue weighted by atomic mass is 9.80. The van der Waals surface area contributed by atoms with Gasteiger partial charge in [0.15, 0.2) is 0 Å². The second-order valence-corrected chi connectivity index (χ2v) is 9.52. The summed E-state index contributed by atoms with van der Waals surface area (Å²) in [6, 6.07) is 12.0. The second-order valence-electron chi connectivity index (χ2n) is 9.52. The molecule has 3 nitrogen and oxygen atoms in total. The van der Waals surface area contributed by atoms with E-state index < -0.39 is 0 Å². The predicted molar refractivity (Wildman–Crippen MR) is 133 cm³/mol. The lowest BCUT2D eigenvalue weighted by Gasteiger charge is -2.27. The van der Waals surface area contributed by atoms with Crippen LogP contribution >= 0.6 is 0 Å². The zero-order valence-corrected chi connectivity index (χ0v) is 20.2. The Hall–Kier alpha value is -2.16. The van der Waals surface area contributed by atoms with Crippen LogP contribution in [0.2, 0.25) is 0 Å². The molecule has 0 N–H and O–H groups in total. The summed E-state index contributed by atoms with van der Waals surface area (Å²) in [5.74, 6) is 1.44. The Morgan fingerprint density at radius 1 is 0.875 bits per heavy atom. The van der Waals surface area contributed by atoms with Gasteiger partial charge in [0.25, 0.3) is 0 Å². The Morgan fingerprint density at radius 2 is 1.59 bits per heavy atom. The van der Waals surface area contributed by atoms with Gasteiger partial charge in [0.1, 0.15) is 5.75 Å². The molecular weight excluding hydrogens is 394 g/mol. The molecule has 1 heterocycles. The summed E-state index contributed by atoms with van der Waals surface area (Å²) < 4.78 is 5.71. The van der Waals surface area contributed by atoms with E-state index in [0.29, 0.717) is 5.75 Å². The Morgan fingerprint density at radius 3 is 2.25 bits per heavy atom. The molecule has 174 valence electrons. The number of nitrogens with zero attached hydrogens (tertiary/aromatic N) is 1. The number of ether oxygens (including phenoxy) is 1. The van der Waals surface area contributed by atoms with Crippen LogP contribution in [-0.4, -0.2) is 11.0 Å². The van der Waals surface area contributed by atoms with E-state index in [1.165, 1.54) is 69.8 Å². The van der Waals surface area contributed by atoms with Gasteiger partial charge in [-0.05, 0) is 80.3 Å². The highest BCUT2D eigenvalue weighted by Gasteiger charge is 2.27. The first kappa shape index (κ1) is 24.5. The lowest BCUT2D eigenvalue weighted by Crippen LogP contribution is -2.25. The van der Waals surface area contributed by atoms with E-state index in [2.05, 4.69) is 31.0 Å². The molecule has 0 spiro atoms. The third kappa shape index (κ3) is 7.76. The molecular formula is C29H41NO2. The van der Waals surface area contributed by atoms with Crippen LogP contribution in [-0.2, 0) is 11.2 Å². The molecule has 1 aromatic carbocycles. The Balaban J connectivity index is 1.42. The molecule has 2 aromatic rings. The van der Waals surface area contributed by atoms with Gasteiger partial charge in [0.2, 0.25) is 0 Å². The van der Waals surface area contributed by atoms with Crippen LogP contribution in [0.15, 0.2) is 42.6 Å². The third-order valence-corrected chi connectivity index (χ3v) is 6.91. The van der Waals surface area contributed by atoms with Crippen molar-refractivity contribution in [2.45, 2.75) is 97.3 Å². The predicted octanol–water partition coefficient (Wildman–Crippen LogP) is 8.16. The molecule has 0 saturated heterocycles. The van der Waals surface area contributed by atoms with Gasteiger partial charge in [0.05, 0.1) is 11.6 Å². The first-order valence-corrected chi connectivity index (χ1v) is 13.0. The summed E-state index contributed by atoms with van der Waals surface area (Å²) in [5, 5.41) is 0. The number of aryl methyl sites for hydroxylation is 1. The average molecular weight is 436 g/mol. The highest BCUT2D eigenvalue weighted by Crippen LogP contribution is 2.33. The van der Waals surface area contributed by atoms with E-state index in [9.17, 15) is 4.79 Å². The van der Waals surface area contributed by atoms with Gasteiger partial charge in [-0.25, -0.2) is 0 Å². The van der Waals surface area contributed by atoms with Gasteiger partial charge in [-0.1, -0.05) is 64.9 Å². The smallest absolute Gasteiger partial charge is 0.314 e. The Labute approximate surface area is 195 Å². The van der Waals surface area contributed by atoms with Crippen molar-refractivity contribution in [1.29, 1.82) is 0 Å². The first-order chi connectivity index (χ1) is 15.7. The molecule has 1 aliphatic carbocycles. The molecule has 0 atom stereocenters. The highest BCUT2D eigenvalue weighted by molar-refractivity contribution is 5.75. The summed E-state index contributed by atoms with van der Waals surface area (Å²) >= 11 is 0. The number of esters is 1. The normalized spacial score (nSPS) is 18.4. The monoisotopic (exact) mass is 435 g/mol. The van der Waals surface area contributed by atoms with Crippen LogP contribution in [0.3, 0.4) is 0 Å². The molecule has 3 rings (SSSR count). The van der Waals surface area contributed by atoms with Crippen molar-refractivity contribution < 1.29 is 9.53 Å². The van der Waals surface area contributed by atoms with E-state index in [1.807, 2.05) is 30.5 Å². The summed E-state index contributed by atoms with van der Waals surface area (Å²) in [4.78, 5) is 17.3. The van der Waals surface area contributed by atoms with E-state index in [1.54, 1.807) is 0 Å². The molecule has 32 heavy (non-hydrogen) atoms. The van der Waals surface area contributed by atoms with E-state index in [4.69, 9.17) is 4.74 Å². The SMILES string of the molecule is CCCCCCCC1CCC(C(=O)Oc2ccc(-c3ccc(CCCC)cn3)cc2)CC1. The second kappa shape index (κ2) is 13.4. The van der Waals surface area contributed by atoms with E-state index in [0.717, 1.165) is 36.4 Å². The zero-order chi connectivity index (χ0) is 22.6. The van der Waals surface area contributed by atoms with Gasteiger partial charge in [0, 0.05) is 11.8 Å². The molecule has 0 unspecified atom stereocenters. The number of carbonyl (C=O) groups excluding carboxylic acids is 1. The fourth-order valence-corrected chi connectivity index (χ4v) is 4.74. The summed E-state index contributed by atoms with van der Waals surface area (Å²) in [6.07, 6.45) is 17.8. The number of carbonyl (C=O) groups is 1. The Bertz CT molecular complexity index is 789. The molecule has 3 heteroatoms. The van der Waals surface area contributed by atoms with Crippen molar-refractivity contribution in [2.75, 3.05) is 0 Å². The van der Waals surface area contributed by atoms with Crippen LogP contribution in [0.1, 0.15) is 96.5 Å². The van der Waals surface area contributed by atoms with Gasteiger partial charge < -0.3 is 4.74 Å². The largest absolute Gasteiger partial charge is 0.426 e. The number of hydrogen-bond acceptors (Lipinski definition) is 3. The van der Waals surface area contributed by atoms with Gasteiger partial charge in [-0.2, -0.15) is 0 Å². The molecule has 1 aromatic heterocycles. The molecule has 1 fully saturated rings. The van der Waals surface area contributed by atoms with Crippen LogP contribution in [0.5, 0.6) is 5.75 Å². The number of benzene rings is 1. The number of rotatable bonds is 12. The fraction of sp³-hybridized carbons (Fsp3) is 0.586. The minimum atomic E-state index is -0.0578. The van der Waals surface area contributed by atoms with E-state index in [-0.39, 0.29) is 11.9 Å². The van der Waals surface area contributed by atoms with Crippen molar-refractivity contribution >= 4 is 5.97 Å². The summed E-state index contributed by atoms with van der Waals surface area (Å²) in [6.45, 7) is 4.47. The number of unbranched alkanes of at least 4 members (excludes halogenated alkanes) is 5. The van der Waals surface area contributed by atoms with Crippen molar-refractivity contribution in [3.63, 3.8) is 0 Å². The maximum Gasteiger partial charge on any atom is 0.314 e. The zero-order valence-electron chi connectivity index (χ0n) is 20.2. The minimum Gasteiger partial charge on any atom is -0.426 e. The maximum atomic E-state index is 12.7. The Kier molecular flexibility index (Phi) is 10.3. The lowest BCUT2D eigenvalue weighted by molar-refractivity contribution is -0.140. The molecule has 0 aliphatic heterocycles.